The van der Waals surface area contributed by atoms with Gasteiger partial charge in [0.2, 0.25) is 0 Å². The smallest absolute Gasteiger partial charge is 0.379 e. The molecule has 1 atom stereocenters. The van der Waals surface area contributed by atoms with Crippen molar-refractivity contribution in [2.75, 3.05) is 26.3 Å². The van der Waals surface area contributed by atoms with Gasteiger partial charge in [0.25, 0.3) is 0 Å². The summed E-state index contributed by atoms with van der Waals surface area (Å²) < 4.78 is 6.48. The lowest BCUT2D eigenvalue weighted by Crippen LogP contribution is -2.42. The molecule has 0 saturated carbocycles. The van der Waals surface area contributed by atoms with Crippen LogP contribution in [0.4, 0.5) is 5.82 Å². The fraction of sp³-hybridized carbons (Fsp3) is 0.556. The normalized spacial score (nSPS) is 18.8. The fourth-order valence-corrected chi connectivity index (χ4v) is 1.73. The number of rotatable bonds is 4. The minimum absolute atomic E-state index is 0.259. The number of carbonyl (C=O) groups is 1. The summed E-state index contributed by atoms with van der Waals surface area (Å²) in [6, 6.07) is 1.27. The van der Waals surface area contributed by atoms with E-state index in [2.05, 4.69) is 5.10 Å². The van der Waals surface area contributed by atoms with Gasteiger partial charge in [-0.25, -0.2) is 0 Å². The molecule has 0 aliphatic carbocycles. The van der Waals surface area contributed by atoms with Crippen LogP contribution < -0.4 is 0 Å². The largest absolute Gasteiger partial charge is 0.390 e. The summed E-state index contributed by atoms with van der Waals surface area (Å²) in [7, 11) is 0. The van der Waals surface area contributed by atoms with E-state index in [-0.39, 0.29) is 5.82 Å². The molecule has 1 aromatic heterocycles. The van der Waals surface area contributed by atoms with Crippen LogP contribution in [0.5, 0.6) is 0 Å². The maximum absolute atomic E-state index is 11.1. The number of aromatic nitrogens is 2. The molecule has 0 bridgehead atoms. The van der Waals surface area contributed by atoms with Crippen LogP contribution in [-0.4, -0.2) is 52.2 Å². The van der Waals surface area contributed by atoms with Gasteiger partial charge < -0.3 is 14.9 Å². The maximum atomic E-state index is 11.1. The number of hydrogen-bond donors (Lipinski definition) is 0. The van der Waals surface area contributed by atoms with Gasteiger partial charge in [-0.2, -0.15) is 4.68 Å². The third-order valence-corrected chi connectivity index (χ3v) is 2.59. The number of aldehydes is 1. The summed E-state index contributed by atoms with van der Waals surface area (Å²) in [5, 5.41) is 14.3. The zero-order chi connectivity index (χ0) is 12.3. The number of morpholine rings is 1. The van der Waals surface area contributed by atoms with Gasteiger partial charge in [-0.05, 0) is 4.92 Å². The summed E-state index contributed by atoms with van der Waals surface area (Å²) in [5.74, 6) is -0.259. The molecule has 1 aliphatic rings. The number of hydrogen-bond acceptors (Lipinski definition) is 6. The van der Waals surface area contributed by atoms with Crippen LogP contribution in [-0.2, 0) is 9.53 Å². The van der Waals surface area contributed by atoms with Crippen molar-refractivity contribution in [1.82, 2.24) is 14.7 Å². The second-order valence-corrected chi connectivity index (χ2v) is 3.61. The Morgan fingerprint density at radius 1 is 1.53 bits per heavy atom. The Bertz CT molecular complexity index is 413. The first-order valence-electron chi connectivity index (χ1n) is 5.19. The van der Waals surface area contributed by atoms with E-state index < -0.39 is 11.1 Å². The number of nitrogens with zero attached hydrogens (tertiary/aromatic N) is 4. The molecule has 0 aromatic carbocycles. The molecule has 1 aliphatic heterocycles. The van der Waals surface area contributed by atoms with Crippen molar-refractivity contribution in [1.29, 1.82) is 0 Å². The lowest BCUT2D eigenvalue weighted by molar-refractivity contribution is -0.389. The van der Waals surface area contributed by atoms with Crippen LogP contribution in [0, 0.1) is 10.1 Å². The van der Waals surface area contributed by atoms with E-state index in [4.69, 9.17) is 4.74 Å². The topological polar surface area (TPSA) is 90.5 Å². The van der Waals surface area contributed by atoms with E-state index in [0.717, 1.165) is 6.29 Å². The van der Waals surface area contributed by atoms with Gasteiger partial charge in [-0.1, -0.05) is 0 Å². The molecule has 2 rings (SSSR count). The van der Waals surface area contributed by atoms with E-state index in [9.17, 15) is 14.9 Å². The van der Waals surface area contributed by atoms with Crippen molar-refractivity contribution in [2.45, 2.75) is 6.17 Å². The highest BCUT2D eigenvalue weighted by Crippen LogP contribution is 2.15. The number of ether oxygens (including phenoxy) is 1. The highest BCUT2D eigenvalue weighted by atomic mass is 16.6. The Morgan fingerprint density at radius 3 is 2.76 bits per heavy atom. The molecule has 92 valence electrons. The van der Waals surface area contributed by atoms with Crippen molar-refractivity contribution < 1.29 is 14.5 Å². The first-order chi connectivity index (χ1) is 8.22. The molecular formula is C9H12N4O4. The van der Waals surface area contributed by atoms with Crippen LogP contribution in [0.1, 0.15) is 6.17 Å². The number of carbonyl (C=O) groups excluding carboxylic acids is 1. The van der Waals surface area contributed by atoms with Crippen LogP contribution in [0.3, 0.4) is 0 Å². The lowest BCUT2D eigenvalue weighted by atomic mass is 10.3. The van der Waals surface area contributed by atoms with E-state index in [0.29, 0.717) is 26.3 Å². The molecule has 1 aromatic rings. The standard InChI is InChI=1S/C9H12N4O4/c14-7-9(11-3-5-17-6-4-11)12-2-1-8(10-12)13(15)16/h1-2,7,9H,3-6H2. The van der Waals surface area contributed by atoms with Crippen LogP contribution >= 0.6 is 0 Å². The maximum Gasteiger partial charge on any atom is 0.390 e. The average Bonchev–Trinajstić information content (AvgIpc) is 2.81. The third-order valence-electron chi connectivity index (χ3n) is 2.59. The van der Waals surface area contributed by atoms with Gasteiger partial charge in [0, 0.05) is 13.1 Å². The first kappa shape index (κ1) is 11.7. The highest BCUT2D eigenvalue weighted by molar-refractivity contribution is 5.55. The minimum atomic E-state index is -0.604. The molecule has 0 radical (unpaired) electrons. The summed E-state index contributed by atoms with van der Waals surface area (Å²) in [5.41, 5.74) is 0. The molecule has 8 nitrogen and oxygen atoms in total. The molecule has 0 N–H and O–H groups in total. The van der Waals surface area contributed by atoms with E-state index in [1.807, 2.05) is 4.90 Å². The van der Waals surface area contributed by atoms with Crippen LogP contribution in [0.15, 0.2) is 12.3 Å². The Kier molecular flexibility index (Phi) is 3.45. The molecule has 0 spiro atoms. The summed E-state index contributed by atoms with van der Waals surface area (Å²) in [6.07, 6.45) is 1.56. The molecule has 1 saturated heterocycles. The van der Waals surface area contributed by atoms with Crippen molar-refractivity contribution >= 4 is 12.1 Å². The summed E-state index contributed by atoms with van der Waals surface area (Å²) >= 11 is 0. The van der Waals surface area contributed by atoms with Gasteiger partial charge in [-0.3, -0.25) is 9.69 Å². The van der Waals surface area contributed by atoms with Gasteiger partial charge in [-0.15, -0.1) is 0 Å². The predicted molar refractivity (Wildman–Crippen MR) is 56.4 cm³/mol. The molecule has 17 heavy (non-hydrogen) atoms. The average molecular weight is 240 g/mol. The van der Waals surface area contributed by atoms with Crippen LogP contribution in [0.25, 0.3) is 0 Å². The van der Waals surface area contributed by atoms with E-state index in [1.54, 1.807) is 0 Å². The third kappa shape index (κ3) is 2.48. The lowest BCUT2D eigenvalue weighted by Gasteiger charge is -2.29. The van der Waals surface area contributed by atoms with Gasteiger partial charge in [0.05, 0.1) is 30.6 Å². The van der Waals surface area contributed by atoms with Crippen molar-refractivity contribution in [3.8, 4) is 0 Å². The molecule has 8 heteroatoms. The van der Waals surface area contributed by atoms with E-state index in [1.165, 1.54) is 16.9 Å². The Balaban J connectivity index is 2.15. The zero-order valence-electron chi connectivity index (χ0n) is 9.06. The van der Waals surface area contributed by atoms with Crippen molar-refractivity contribution in [3.63, 3.8) is 0 Å². The van der Waals surface area contributed by atoms with E-state index >= 15 is 0 Å². The monoisotopic (exact) mass is 240 g/mol. The first-order valence-corrected chi connectivity index (χ1v) is 5.19. The summed E-state index contributed by atoms with van der Waals surface area (Å²) in [4.78, 5) is 22.9. The zero-order valence-corrected chi connectivity index (χ0v) is 9.06. The Morgan fingerprint density at radius 2 is 2.24 bits per heavy atom. The fourth-order valence-electron chi connectivity index (χ4n) is 1.73. The van der Waals surface area contributed by atoms with Gasteiger partial charge >= 0.3 is 5.82 Å². The highest BCUT2D eigenvalue weighted by Gasteiger charge is 2.26. The van der Waals surface area contributed by atoms with Crippen LogP contribution in [0.2, 0.25) is 0 Å². The molecular weight excluding hydrogens is 228 g/mol. The predicted octanol–water partition coefficient (Wildman–Crippen LogP) is -0.179. The second kappa shape index (κ2) is 5.02. The SMILES string of the molecule is O=CC(N1CCOCC1)n1ccc([N+](=O)[O-])n1. The molecule has 0 amide bonds. The number of nitro groups is 1. The van der Waals surface area contributed by atoms with Gasteiger partial charge in [0.15, 0.2) is 12.5 Å². The Hall–Kier alpha value is -1.80. The summed E-state index contributed by atoms with van der Waals surface area (Å²) in [6.45, 7) is 2.32. The second-order valence-electron chi connectivity index (χ2n) is 3.61. The molecule has 2 heterocycles. The minimum Gasteiger partial charge on any atom is -0.379 e. The van der Waals surface area contributed by atoms with Gasteiger partial charge in [0.1, 0.15) is 0 Å². The van der Waals surface area contributed by atoms with Crippen molar-refractivity contribution in [2.24, 2.45) is 0 Å². The molecule has 1 fully saturated rings. The van der Waals surface area contributed by atoms with Crippen molar-refractivity contribution in [3.05, 3.63) is 22.4 Å². The Labute approximate surface area is 96.9 Å². The molecule has 1 unspecified atom stereocenters. The quantitative estimate of drug-likeness (QED) is 0.412.